The smallest absolute Gasteiger partial charge is 0.343 e. The molecule has 1 saturated carbocycles. The average molecular weight is 330 g/mol. The van der Waals surface area contributed by atoms with E-state index in [-0.39, 0.29) is 24.1 Å². The van der Waals surface area contributed by atoms with E-state index in [0.29, 0.717) is 11.3 Å². The van der Waals surface area contributed by atoms with E-state index in [1.807, 2.05) is 6.07 Å². The number of non-ortho nitro benzene ring substituents is 1. The number of rotatable bonds is 6. The van der Waals surface area contributed by atoms with Crippen molar-refractivity contribution in [3.05, 3.63) is 57.5 Å². The van der Waals surface area contributed by atoms with E-state index in [2.05, 4.69) is 5.16 Å². The molecule has 0 saturated heterocycles. The van der Waals surface area contributed by atoms with E-state index in [9.17, 15) is 14.9 Å². The van der Waals surface area contributed by atoms with Crippen molar-refractivity contribution in [2.45, 2.75) is 32.1 Å². The minimum absolute atomic E-state index is 0.0259. The topological polar surface area (TPSA) is 95.5 Å². The summed E-state index contributed by atoms with van der Waals surface area (Å²) in [6.45, 7) is 1.99. The van der Waals surface area contributed by atoms with Crippen molar-refractivity contribution in [3.63, 3.8) is 0 Å². The lowest BCUT2D eigenvalue weighted by Gasteiger charge is -2.33. The monoisotopic (exact) mass is 330 g/mol. The Labute approximate surface area is 138 Å². The maximum Gasteiger partial charge on any atom is 0.343 e. The number of aromatic nitrogens is 1. The lowest BCUT2D eigenvalue weighted by Crippen LogP contribution is -2.23. The molecular formula is C17H18N2O5. The first-order valence-electron chi connectivity index (χ1n) is 7.97. The maximum absolute atomic E-state index is 12.1. The number of nitro groups is 1. The van der Waals surface area contributed by atoms with E-state index >= 15 is 0 Å². The van der Waals surface area contributed by atoms with Crippen molar-refractivity contribution in [2.24, 2.45) is 5.92 Å². The number of hydrogen-bond donors (Lipinski definition) is 0. The van der Waals surface area contributed by atoms with Crippen LogP contribution in [0.4, 0.5) is 5.69 Å². The number of ether oxygens (including phenoxy) is 1. The largest absolute Gasteiger partial charge is 0.462 e. The fraction of sp³-hybridized carbons (Fsp3) is 0.412. The van der Waals surface area contributed by atoms with Gasteiger partial charge in [0.25, 0.3) is 5.69 Å². The van der Waals surface area contributed by atoms with Crippen LogP contribution in [-0.4, -0.2) is 22.7 Å². The van der Waals surface area contributed by atoms with Gasteiger partial charge in [-0.05, 0) is 31.2 Å². The minimum Gasteiger partial charge on any atom is -0.462 e. The molecule has 7 heteroatoms. The van der Waals surface area contributed by atoms with Gasteiger partial charge in [-0.15, -0.1) is 0 Å². The summed E-state index contributed by atoms with van der Waals surface area (Å²) in [5, 5.41) is 15.1. The molecule has 0 radical (unpaired) electrons. The van der Waals surface area contributed by atoms with E-state index < -0.39 is 10.9 Å². The normalized spacial score (nSPS) is 15.5. The summed E-state index contributed by atoms with van der Waals surface area (Å²) < 4.78 is 10.1. The van der Waals surface area contributed by atoms with Gasteiger partial charge in [-0.3, -0.25) is 10.1 Å². The third kappa shape index (κ3) is 3.02. The van der Waals surface area contributed by atoms with Gasteiger partial charge in [-0.1, -0.05) is 23.7 Å². The Hall–Kier alpha value is -2.70. The summed E-state index contributed by atoms with van der Waals surface area (Å²) in [5.74, 6) is -0.411. The van der Waals surface area contributed by atoms with Crippen LogP contribution in [0.2, 0.25) is 0 Å². The standard InChI is InChI=1S/C17H18N2O5/c1-2-23-17(20)14-10-24-18-16(14)15(11-5-3-6-11)12-7-4-8-13(9-12)19(21)22/h4,7-11,15H,2-3,5-6H2,1H3. The van der Waals surface area contributed by atoms with E-state index in [1.165, 1.54) is 12.3 Å². The Morgan fingerprint density at radius 3 is 2.92 bits per heavy atom. The van der Waals surface area contributed by atoms with Crippen LogP contribution in [0.1, 0.15) is 53.7 Å². The first-order chi connectivity index (χ1) is 11.6. The van der Waals surface area contributed by atoms with Crippen LogP contribution in [0.15, 0.2) is 35.1 Å². The zero-order valence-corrected chi connectivity index (χ0v) is 13.3. The molecular weight excluding hydrogens is 312 g/mol. The molecule has 7 nitrogen and oxygen atoms in total. The second kappa shape index (κ2) is 6.82. The van der Waals surface area contributed by atoms with Crippen LogP contribution in [0, 0.1) is 16.0 Å². The molecule has 1 heterocycles. The highest BCUT2D eigenvalue weighted by molar-refractivity contribution is 5.90. The summed E-state index contributed by atoms with van der Waals surface area (Å²) >= 11 is 0. The quantitative estimate of drug-likeness (QED) is 0.455. The Morgan fingerprint density at radius 1 is 1.50 bits per heavy atom. The van der Waals surface area contributed by atoms with Gasteiger partial charge >= 0.3 is 5.97 Å². The summed E-state index contributed by atoms with van der Waals surface area (Å²) in [6, 6.07) is 6.49. The average Bonchev–Trinajstić information content (AvgIpc) is 3.00. The molecule has 126 valence electrons. The third-order valence-electron chi connectivity index (χ3n) is 4.45. The van der Waals surface area contributed by atoms with Gasteiger partial charge in [0.15, 0.2) is 0 Å². The fourth-order valence-corrected chi connectivity index (χ4v) is 3.09. The summed E-state index contributed by atoms with van der Waals surface area (Å²) in [4.78, 5) is 22.8. The molecule has 1 aliphatic rings. The van der Waals surface area contributed by atoms with E-state index in [4.69, 9.17) is 9.26 Å². The SMILES string of the molecule is CCOC(=O)c1conc1C(c1cccc([N+](=O)[O-])c1)C1CCC1. The van der Waals surface area contributed by atoms with Crippen molar-refractivity contribution in [2.75, 3.05) is 6.61 Å². The van der Waals surface area contributed by atoms with E-state index in [0.717, 1.165) is 24.8 Å². The molecule has 0 amide bonds. The number of esters is 1. The number of hydrogen-bond acceptors (Lipinski definition) is 6. The van der Waals surface area contributed by atoms with Gasteiger partial charge < -0.3 is 9.26 Å². The number of carbonyl (C=O) groups is 1. The van der Waals surface area contributed by atoms with Crippen molar-refractivity contribution < 1.29 is 19.0 Å². The molecule has 2 aromatic rings. The van der Waals surface area contributed by atoms with Gasteiger partial charge in [0.2, 0.25) is 0 Å². The molecule has 1 atom stereocenters. The molecule has 1 unspecified atom stereocenters. The van der Waals surface area contributed by atoms with Crippen LogP contribution < -0.4 is 0 Å². The van der Waals surface area contributed by atoms with Crippen LogP contribution in [0.5, 0.6) is 0 Å². The van der Waals surface area contributed by atoms with Gasteiger partial charge in [0.05, 0.1) is 11.5 Å². The second-order valence-corrected chi connectivity index (χ2v) is 5.85. The molecule has 0 bridgehead atoms. The van der Waals surface area contributed by atoms with Crippen LogP contribution >= 0.6 is 0 Å². The molecule has 1 aromatic heterocycles. The van der Waals surface area contributed by atoms with Crippen LogP contribution in [0.25, 0.3) is 0 Å². The van der Waals surface area contributed by atoms with Crippen LogP contribution in [-0.2, 0) is 4.74 Å². The molecule has 1 fully saturated rings. The predicted octanol–water partition coefficient (Wildman–Crippen LogP) is 3.69. The highest BCUT2D eigenvalue weighted by Crippen LogP contribution is 2.44. The lowest BCUT2D eigenvalue weighted by molar-refractivity contribution is -0.384. The molecule has 24 heavy (non-hydrogen) atoms. The predicted molar refractivity (Wildman–Crippen MR) is 84.7 cm³/mol. The first-order valence-corrected chi connectivity index (χ1v) is 7.97. The molecule has 0 spiro atoms. The lowest BCUT2D eigenvalue weighted by atomic mass is 9.71. The maximum atomic E-state index is 12.1. The van der Waals surface area contributed by atoms with E-state index in [1.54, 1.807) is 19.1 Å². The molecule has 0 N–H and O–H groups in total. The number of nitro benzene ring substituents is 1. The minimum atomic E-state index is -0.483. The Morgan fingerprint density at radius 2 is 2.29 bits per heavy atom. The summed E-state index contributed by atoms with van der Waals surface area (Å²) in [6.07, 6.45) is 4.37. The molecule has 1 aromatic carbocycles. The molecule has 3 rings (SSSR count). The van der Waals surface area contributed by atoms with Crippen molar-refractivity contribution in [1.82, 2.24) is 5.16 Å². The Balaban J connectivity index is 2.02. The van der Waals surface area contributed by atoms with Gasteiger partial charge in [-0.2, -0.15) is 0 Å². The number of benzene rings is 1. The van der Waals surface area contributed by atoms with Crippen molar-refractivity contribution >= 4 is 11.7 Å². The van der Waals surface area contributed by atoms with Gasteiger partial charge in [0.1, 0.15) is 17.5 Å². The Kier molecular flexibility index (Phi) is 4.59. The van der Waals surface area contributed by atoms with Crippen molar-refractivity contribution in [1.29, 1.82) is 0 Å². The molecule has 1 aliphatic carbocycles. The highest BCUT2D eigenvalue weighted by atomic mass is 16.6. The zero-order chi connectivity index (χ0) is 17.1. The second-order valence-electron chi connectivity index (χ2n) is 5.85. The zero-order valence-electron chi connectivity index (χ0n) is 13.3. The third-order valence-corrected chi connectivity index (χ3v) is 4.45. The first kappa shape index (κ1) is 16.2. The van der Waals surface area contributed by atoms with Gasteiger partial charge in [0, 0.05) is 18.1 Å². The summed E-state index contributed by atoms with van der Waals surface area (Å²) in [5.41, 5.74) is 1.59. The number of nitrogens with zero attached hydrogens (tertiary/aromatic N) is 2. The van der Waals surface area contributed by atoms with Gasteiger partial charge in [-0.25, -0.2) is 4.79 Å². The fourth-order valence-electron chi connectivity index (χ4n) is 3.09. The van der Waals surface area contributed by atoms with Crippen LogP contribution in [0.3, 0.4) is 0 Å². The van der Waals surface area contributed by atoms with Crippen molar-refractivity contribution in [3.8, 4) is 0 Å². The highest BCUT2D eigenvalue weighted by Gasteiger charge is 2.35. The number of carbonyl (C=O) groups excluding carboxylic acids is 1. The summed E-state index contributed by atoms with van der Waals surface area (Å²) in [7, 11) is 0. The Bertz CT molecular complexity index is 751. The molecule has 0 aliphatic heterocycles.